The lowest BCUT2D eigenvalue weighted by Crippen LogP contribution is -2.37. The number of hydrogen-bond donors (Lipinski definition) is 2. The van der Waals surface area contributed by atoms with E-state index in [2.05, 4.69) is 17.0 Å². The highest BCUT2D eigenvalue weighted by Gasteiger charge is 2.26. The molecule has 222 valence electrons. The van der Waals surface area contributed by atoms with Gasteiger partial charge in [0.1, 0.15) is 12.4 Å². The van der Waals surface area contributed by atoms with Gasteiger partial charge in [-0.05, 0) is 62.8 Å². The standard InChI is InChI=1S/C33H40N4O4S/c1-22-8-11-30(28(16-22)29-21-42-33(35-29)37-14-12-24(13-15-37)32(39)40)41-20-26-10-9-25(17-27(26)18-34)31(38)36(2)19-23-6-4-3-5-7-23/h8-11,16-17,21,23-24,32,39-40H,3-7,12-15,19-20H2,1-2H3. The summed E-state index contributed by atoms with van der Waals surface area (Å²) in [5.74, 6) is 1.09. The Morgan fingerprint density at radius 1 is 1.14 bits per heavy atom. The maximum atomic E-state index is 13.1. The maximum absolute atomic E-state index is 13.1. The third-order valence-corrected chi connectivity index (χ3v) is 9.50. The molecule has 1 amide bonds. The first-order valence-corrected chi connectivity index (χ1v) is 15.8. The minimum absolute atomic E-state index is 0.0542. The lowest BCUT2D eigenvalue weighted by Gasteiger charge is -2.32. The summed E-state index contributed by atoms with van der Waals surface area (Å²) in [6.45, 7) is 4.44. The van der Waals surface area contributed by atoms with Crippen molar-refractivity contribution in [2.75, 3.05) is 31.6 Å². The number of amides is 1. The van der Waals surface area contributed by atoms with Gasteiger partial charge in [-0.3, -0.25) is 4.79 Å². The molecule has 0 unspecified atom stereocenters. The van der Waals surface area contributed by atoms with Crippen LogP contribution >= 0.6 is 11.3 Å². The molecule has 9 heteroatoms. The predicted octanol–water partition coefficient (Wildman–Crippen LogP) is 5.75. The molecule has 1 saturated heterocycles. The van der Waals surface area contributed by atoms with Crippen LogP contribution in [0, 0.1) is 30.1 Å². The number of aliphatic hydroxyl groups excluding tert-OH is 1. The minimum atomic E-state index is -1.27. The third kappa shape index (κ3) is 7.12. The summed E-state index contributed by atoms with van der Waals surface area (Å²) in [5, 5.41) is 31.8. The van der Waals surface area contributed by atoms with E-state index >= 15 is 0 Å². The zero-order chi connectivity index (χ0) is 29.6. The number of rotatable bonds is 9. The molecule has 2 aromatic carbocycles. The van der Waals surface area contributed by atoms with Crippen LogP contribution in [0.4, 0.5) is 5.13 Å². The molecule has 42 heavy (non-hydrogen) atoms. The van der Waals surface area contributed by atoms with E-state index in [-0.39, 0.29) is 18.4 Å². The van der Waals surface area contributed by atoms with Crippen LogP contribution in [0.15, 0.2) is 41.8 Å². The Hall–Kier alpha value is -3.45. The van der Waals surface area contributed by atoms with Crippen molar-refractivity contribution in [2.24, 2.45) is 11.8 Å². The first-order valence-electron chi connectivity index (χ1n) is 14.9. The van der Waals surface area contributed by atoms with Gasteiger partial charge in [-0.2, -0.15) is 5.26 Å². The molecule has 2 fully saturated rings. The first kappa shape index (κ1) is 30.0. The van der Waals surface area contributed by atoms with E-state index in [1.807, 2.05) is 37.6 Å². The van der Waals surface area contributed by atoms with Gasteiger partial charge in [0.05, 0.1) is 17.3 Å². The van der Waals surface area contributed by atoms with Gasteiger partial charge < -0.3 is 24.7 Å². The number of nitrogens with zero attached hydrogens (tertiary/aromatic N) is 4. The minimum Gasteiger partial charge on any atom is -0.488 e. The molecule has 0 spiro atoms. The highest BCUT2D eigenvalue weighted by Crippen LogP contribution is 2.36. The van der Waals surface area contributed by atoms with Crippen LogP contribution in [0.2, 0.25) is 0 Å². The summed E-state index contributed by atoms with van der Waals surface area (Å²) in [7, 11) is 1.85. The summed E-state index contributed by atoms with van der Waals surface area (Å²) >= 11 is 1.57. The smallest absolute Gasteiger partial charge is 0.253 e. The topological polar surface area (TPSA) is 110 Å². The van der Waals surface area contributed by atoms with Gasteiger partial charge in [0.25, 0.3) is 5.91 Å². The zero-order valence-corrected chi connectivity index (χ0v) is 25.3. The third-order valence-electron chi connectivity index (χ3n) is 8.60. The van der Waals surface area contributed by atoms with Crippen molar-refractivity contribution in [1.82, 2.24) is 9.88 Å². The molecule has 1 aliphatic carbocycles. The van der Waals surface area contributed by atoms with Crippen molar-refractivity contribution in [3.05, 3.63) is 64.0 Å². The van der Waals surface area contributed by atoms with Crippen LogP contribution in [0.25, 0.3) is 11.3 Å². The van der Waals surface area contributed by atoms with Gasteiger partial charge in [0.2, 0.25) is 0 Å². The van der Waals surface area contributed by atoms with E-state index in [1.165, 1.54) is 32.1 Å². The average molecular weight is 589 g/mol. The Morgan fingerprint density at radius 2 is 1.90 bits per heavy atom. The Bertz CT molecular complexity index is 1420. The van der Waals surface area contributed by atoms with Gasteiger partial charge in [-0.15, -0.1) is 11.3 Å². The molecule has 0 radical (unpaired) electrons. The summed E-state index contributed by atoms with van der Waals surface area (Å²) in [4.78, 5) is 22.0. The SMILES string of the molecule is Cc1ccc(OCc2ccc(C(=O)N(C)CC3CCCCC3)cc2C#N)c(-c2csc(N3CCC(C(O)O)CC3)n2)c1. The number of carbonyl (C=O) groups excluding carboxylic acids is 1. The van der Waals surface area contributed by atoms with Crippen molar-refractivity contribution in [3.8, 4) is 23.1 Å². The lowest BCUT2D eigenvalue weighted by molar-refractivity contribution is -0.0893. The van der Waals surface area contributed by atoms with Crippen molar-refractivity contribution < 1.29 is 19.7 Å². The number of ether oxygens (including phenoxy) is 1. The summed E-state index contributed by atoms with van der Waals surface area (Å²) in [6.07, 6.45) is 6.28. The fourth-order valence-corrected chi connectivity index (χ4v) is 6.93. The van der Waals surface area contributed by atoms with Crippen molar-refractivity contribution in [2.45, 2.75) is 64.8 Å². The van der Waals surface area contributed by atoms with E-state index < -0.39 is 6.29 Å². The van der Waals surface area contributed by atoms with Crippen LogP contribution in [0.1, 0.15) is 72.0 Å². The van der Waals surface area contributed by atoms with Gasteiger partial charge in [0.15, 0.2) is 11.4 Å². The predicted molar refractivity (Wildman–Crippen MR) is 164 cm³/mol. The average Bonchev–Trinajstić information content (AvgIpc) is 3.51. The van der Waals surface area contributed by atoms with Crippen LogP contribution < -0.4 is 9.64 Å². The molecule has 1 aromatic heterocycles. The number of nitriles is 1. The molecule has 2 N–H and O–H groups in total. The van der Waals surface area contributed by atoms with Gasteiger partial charge in [0, 0.05) is 54.7 Å². The van der Waals surface area contributed by atoms with Gasteiger partial charge >= 0.3 is 0 Å². The number of aryl methyl sites for hydroxylation is 1. The second-order valence-corrected chi connectivity index (χ2v) is 12.6. The van der Waals surface area contributed by atoms with E-state index in [0.717, 1.165) is 47.2 Å². The normalized spacial score (nSPS) is 16.4. The Balaban J connectivity index is 1.27. The number of benzene rings is 2. The zero-order valence-electron chi connectivity index (χ0n) is 24.5. The number of aromatic nitrogens is 1. The van der Waals surface area contributed by atoms with Crippen LogP contribution in [-0.2, 0) is 6.61 Å². The number of piperidine rings is 1. The van der Waals surface area contributed by atoms with E-state index in [0.29, 0.717) is 35.6 Å². The number of aliphatic hydroxyl groups is 2. The fourth-order valence-electron chi connectivity index (χ4n) is 6.05. The van der Waals surface area contributed by atoms with Crippen LogP contribution in [0.3, 0.4) is 0 Å². The molecular weight excluding hydrogens is 548 g/mol. The number of thiazole rings is 1. The molecule has 8 nitrogen and oxygen atoms in total. The highest BCUT2D eigenvalue weighted by molar-refractivity contribution is 7.14. The molecule has 1 aliphatic heterocycles. The van der Waals surface area contributed by atoms with Crippen LogP contribution in [-0.4, -0.2) is 59.0 Å². The van der Waals surface area contributed by atoms with E-state index in [4.69, 9.17) is 9.72 Å². The number of anilines is 1. The number of hydrogen-bond acceptors (Lipinski definition) is 8. The number of carbonyl (C=O) groups is 1. The summed E-state index contributed by atoms with van der Waals surface area (Å²) in [6, 6.07) is 13.5. The first-order chi connectivity index (χ1) is 20.3. The molecule has 0 bridgehead atoms. The second-order valence-electron chi connectivity index (χ2n) is 11.7. The monoisotopic (exact) mass is 588 g/mol. The van der Waals surface area contributed by atoms with Crippen molar-refractivity contribution in [3.63, 3.8) is 0 Å². The highest BCUT2D eigenvalue weighted by atomic mass is 32.1. The Labute approximate surface area is 252 Å². The van der Waals surface area contributed by atoms with Crippen molar-refractivity contribution >= 4 is 22.4 Å². The molecular formula is C33H40N4O4S. The molecule has 1 saturated carbocycles. The lowest BCUT2D eigenvalue weighted by atomic mass is 9.89. The van der Waals surface area contributed by atoms with Crippen LogP contribution in [0.5, 0.6) is 5.75 Å². The maximum Gasteiger partial charge on any atom is 0.253 e. The molecule has 2 heterocycles. The Kier molecular flexibility index (Phi) is 9.78. The summed E-state index contributed by atoms with van der Waals surface area (Å²) < 4.78 is 6.27. The fraction of sp³-hybridized carbons (Fsp3) is 0.485. The van der Waals surface area contributed by atoms with Crippen molar-refractivity contribution in [1.29, 1.82) is 5.26 Å². The van der Waals surface area contributed by atoms with E-state index in [9.17, 15) is 20.3 Å². The second kappa shape index (κ2) is 13.7. The Morgan fingerprint density at radius 3 is 2.62 bits per heavy atom. The molecule has 5 rings (SSSR count). The van der Waals surface area contributed by atoms with Gasteiger partial charge in [-0.25, -0.2) is 4.98 Å². The molecule has 3 aromatic rings. The summed E-state index contributed by atoms with van der Waals surface area (Å²) in [5.41, 5.74) is 4.48. The quantitative estimate of drug-likeness (QED) is 0.306. The van der Waals surface area contributed by atoms with E-state index in [1.54, 1.807) is 28.4 Å². The van der Waals surface area contributed by atoms with Gasteiger partial charge in [-0.1, -0.05) is 37.0 Å². The largest absolute Gasteiger partial charge is 0.488 e. The molecule has 0 atom stereocenters. The molecule has 2 aliphatic rings.